The summed E-state index contributed by atoms with van der Waals surface area (Å²) in [6, 6.07) is 18.7. The summed E-state index contributed by atoms with van der Waals surface area (Å²) < 4.78 is 22.8. The first-order chi connectivity index (χ1) is 23.5. The molecule has 0 radical (unpaired) electrons. The molecule has 1 atom stereocenters. The molecule has 0 bridgehead atoms. The van der Waals surface area contributed by atoms with Gasteiger partial charge >= 0.3 is 11.9 Å². The number of thiazole rings is 1. The van der Waals surface area contributed by atoms with Gasteiger partial charge in [-0.25, -0.2) is 9.78 Å². The molecule has 1 aromatic heterocycles. The van der Waals surface area contributed by atoms with Crippen molar-refractivity contribution < 1.29 is 38.4 Å². The van der Waals surface area contributed by atoms with Crippen molar-refractivity contribution in [3.63, 3.8) is 0 Å². The van der Waals surface area contributed by atoms with E-state index in [1.807, 2.05) is 31.2 Å². The molecule has 1 saturated heterocycles. The van der Waals surface area contributed by atoms with Crippen molar-refractivity contribution in [1.29, 1.82) is 0 Å². The number of benzene rings is 3. The Hall–Kier alpha value is -5.16. The Morgan fingerprint density at radius 1 is 1.00 bits per heavy atom. The maximum Gasteiger partial charge on any atom is 0.350 e. The molecule has 1 fully saturated rings. The summed E-state index contributed by atoms with van der Waals surface area (Å²) in [6.45, 7) is 10.5. The number of rotatable bonds is 13. The highest BCUT2D eigenvalue weighted by atomic mass is 32.1. The highest BCUT2D eigenvalue weighted by Crippen LogP contribution is 2.45. The topological polar surface area (TPSA) is 124 Å². The average Bonchev–Trinajstić information content (AvgIpc) is 3.59. The van der Waals surface area contributed by atoms with E-state index in [9.17, 15) is 19.5 Å². The number of amides is 1. The number of aliphatic hydroxyl groups excluding tert-OH is 1. The predicted molar refractivity (Wildman–Crippen MR) is 187 cm³/mol. The Balaban J connectivity index is 1.55. The van der Waals surface area contributed by atoms with Crippen LogP contribution in [0.4, 0.5) is 5.13 Å². The summed E-state index contributed by atoms with van der Waals surface area (Å²) in [5, 5.41) is 11.8. The van der Waals surface area contributed by atoms with Crippen molar-refractivity contribution in [2.75, 3.05) is 25.2 Å². The summed E-state index contributed by atoms with van der Waals surface area (Å²) in [6.07, 6.45) is 0.840. The van der Waals surface area contributed by atoms with Gasteiger partial charge in [0.15, 0.2) is 16.6 Å². The van der Waals surface area contributed by atoms with Gasteiger partial charge < -0.3 is 24.1 Å². The van der Waals surface area contributed by atoms with Crippen LogP contribution in [0.15, 0.2) is 72.3 Å². The molecule has 5 rings (SSSR count). The number of carbonyl (C=O) groups is 3. The minimum Gasteiger partial charge on any atom is -0.507 e. The molecule has 2 heterocycles. The second kappa shape index (κ2) is 15.4. The molecule has 256 valence electrons. The van der Waals surface area contributed by atoms with Gasteiger partial charge in [0, 0.05) is 5.56 Å². The molecule has 1 aliphatic rings. The van der Waals surface area contributed by atoms with Crippen molar-refractivity contribution >= 4 is 39.9 Å². The third kappa shape index (κ3) is 7.78. The van der Waals surface area contributed by atoms with Gasteiger partial charge in [-0.15, -0.1) is 0 Å². The Morgan fingerprint density at radius 3 is 2.43 bits per heavy atom. The maximum atomic E-state index is 13.8. The Morgan fingerprint density at radius 2 is 1.76 bits per heavy atom. The number of aliphatic hydroxyl groups is 1. The standard InChI is InChI=1S/C38H40N2O8S/c1-7-46-37(44)35-24(5)39-38(49-35)40-32(27-13-16-29(30(20-27)45-6)47-18-17-22(2)3)31(34(42)36(40)43)33(41)26-11-14-28(15-12-26)48-21-25-10-8-9-23(4)19-25/h8-16,19-20,22,32,41H,7,17-18,21H2,1-6H3. The lowest BCUT2D eigenvalue weighted by molar-refractivity contribution is -0.132. The van der Waals surface area contributed by atoms with Gasteiger partial charge in [-0.1, -0.05) is 61.1 Å². The zero-order valence-corrected chi connectivity index (χ0v) is 29.3. The lowest BCUT2D eigenvalue weighted by atomic mass is 9.95. The fourth-order valence-electron chi connectivity index (χ4n) is 5.43. The van der Waals surface area contributed by atoms with Crippen LogP contribution in [0.5, 0.6) is 17.2 Å². The number of aryl methyl sites for hydroxylation is 2. The smallest absolute Gasteiger partial charge is 0.350 e. The molecule has 0 aliphatic carbocycles. The van der Waals surface area contributed by atoms with Crippen LogP contribution >= 0.6 is 11.3 Å². The van der Waals surface area contributed by atoms with Gasteiger partial charge in [0.05, 0.1) is 37.6 Å². The quantitative estimate of drug-likeness (QED) is 0.0657. The van der Waals surface area contributed by atoms with E-state index < -0.39 is 23.7 Å². The number of hydrogen-bond acceptors (Lipinski definition) is 10. The van der Waals surface area contributed by atoms with Gasteiger partial charge in [-0.2, -0.15) is 0 Å². The molecule has 11 heteroatoms. The van der Waals surface area contributed by atoms with Crippen LogP contribution in [-0.2, 0) is 20.9 Å². The summed E-state index contributed by atoms with van der Waals surface area (Å²) in [7, 11) is 1.50. The fourth-order valence-corrected chi connectivity index (χ4v) is 6.42. The van der Waals surface area contributed by atoms with Crippen LogP contribution in [0.3, 0.4) is 0 Å². The first-order valence-corrected chi connectivity index (χ1v) is 16.9. The lowest BCUT2D eigenvalue weighted by Gasteiger charge is -2.24. The van der Waals surface area contributed by atoms with Crippen LogP contribution in [-0.4, -0.2) is 48.1 Å². The molecule has 10 nitrogen and oxygen atoms in total. The monoisotopic (exact) mass is 684 g/mol. The Bertz CT molecular complexity index is 1880. The minimum atomic E-state index is -1.10. The second-order valence-corrected chi connectivity index (χ2v) is 13.0. The molecule has 1 N–H and O–H groups in total. The number of Topliss-reactive ketones (excluding diaryl/α,β-unsaturated/α-hetero) is 1. The van der Waals surface area contributed by atoms with Crippen molar-refractivity contribution in [3.8, 4) is 17.2 Å². The van der Waals surface area contributed by atoms with Crippen molar-refractivity contribution in [3.05, 3.63) is 105 Å². The van der Waals surface area contributed by atoms with Crippen molar-refractivity contribution in [1.82, 2.24) is 4.98 Å². The molecule has 0 saturated carbocycles. The van der Waals surface area contributed by atoms with Crippen molar-refractivity contribution in [2.45, 2.75) is 53.7 Å². The number of aromatic nitrogens is 1. The van der Waals surface area contributed by atoms with Crippen molar-refractivity contribution in [2.24, 2.45) is 5.92 Å². The van der Waals surface area contributed by atoms with E-state index >= 15 is 0 Å². The molecule has 1 amide bonds. The first kappa shape index (κ1) is 35.2. The SMILES string of the molecule is CCOC(=O)c1sc(N2C(=O)C(=O)C(=C(O)c3ccc(OCc4cccc(C)c4)cc3)C2c2ccc(OCCC(C)C)c(OC)c2)nc1C. The largest absolute Gasteiger partial charge is 0.507 e. The Kier molecular flexibility index (Phi) is 11.0. The van der Waals surface area contributed by atoms with Gasteiger partial charge in [0.25, 0.3) is 5.78 Å². The maximum absolute atomic E-state index is 13.8. The molecule has 49 heavy (non-hydrogen) atoms. The number of ketones is 1. The summed E-state index contributed by atoms with van der Waals surface area (Å²) >= 11 is 0.942. The van der Waals surface area contributed by atoms with Crippen LogP contribution in [0.1, 0.15) is 70.9 Å². The summed E-state index contributed by atoms with van der Waals surface area (Å²) in [5.74, 6) is -0.839. The van der Waals surface area contributed by atoms with Gasteiger partial charge in [-0.3, -0.25) is 14.5 Å². The number of hydrogen-bond donors (Lipinski definition) is 1. The van der Waals surface area contributed by atoms with E-state index in [1.54, 1.807) is 56.3 Å². The highest BCUT2D eigenvalue weighted by Gasteiger charge is 2.48. The van der Waals surface area contributed by atoms with E-state index in [1.165, 1.54) is 12.0 Å². The van der Waals surface area contributed by atoms with E-state index in [4.69, 9.17) is 18.9 Å². The minimum absolute atomic E-state index is 0.114. The zero-order chi connectivity index (χ0) is 35.2. The van der Waals surface area contributed by atoms with E-state index in [-0.39, 0.29) is 27.9 Å². The Labute approximate surface area is 289 Å². The third-order valence-electron chi connectivity index (χ3n) is 7.97. The normalized spacial score (nSPS) is 15.5. The second-order valence-electron chi connectivity index (χ2n) is 12.0. The molecular weight excluding hydrogens is 644 g/mol. The number of anilines is 1. The number of carbonyl (C=O) groups excluding carboxylic acids is 3. The zero-order valence-electron chi connectivity index (χ0n) is 28.4. The number of ether oxygens (including phenoxy) is 4. The van der Waals surface area contributed by atoms with Crippen LogP contribution < -0.4 is 19.1 Å². The van der Waals surface area contributed by atoms with Gasteiger partial charge in [0.2, 0.25) is 0 Å². The molecule has 3 aromatic carbocycles. The number of nitrogens with zero attached hydrogens (tertiary/aromatic N) is 2. The van der Waals surface area contributed by atoms with E-state index in [0.717, 1.165) is 28.9 Å². The molecule has 0 spiro atoms. The van der Waals surface area contributed by atoms with Crippen LogP contribution in [0.25, 0.3) is 5.76 Å². The average molecular weight is 685 g/mol. The molecule has 1 aliphatic heterocycles. The van der Waals surface area contributed by atoms with Crippen LogP contribution in [0.2, 0.25) is 0 Å². The molecule has 4 aromatic rings. The summed E-state index contributed by atoms with van der Waals surface area (Å²) in [4.78, 5) is 46.1. The lowest BCUT2D eigenvalue weighted by Crippen LogP contribution is -2.29. The molecule has 1 unspecified atom stereocenters. The third-order valence-corrected chi connectivity index (χ3v) is 9.11. The first-order valence-electron chi connectivity index (χ1n) is 16.1. The highest BCUT2D eigenvalue weighted by molar-refractivity contribution is 7.17. The number of methoxy groups -OCH3 is 1. The number of esters is 1. The fraction of sp³-hybridized carbons (Fsp3) is 0.316. The van der Waals surface area contributed by atoms with Gasteiger partial charge in [-0.05, 0) is 80.6 Å². The predicted octanol–water partition coefficient (Wildman–Crippen LogP) is 7.58. The van der Waals surface area contributed by atoms with Gasteiger partial charge in [0.1, 0.15) is 23.0 Å². The van der Waals surface area contributed by atoms with E-state index in [2.05, 4.69) is 18.8 Å². The van der Waals surface area contributed by atoms with Crippen LogP contribution in [0, 0.1) is 19.8 Å². The summed E-state index contributed by atoms with van der Waals surface area (Å²) in [5.41, 5.74) is 3.14. The molecular formula is C38H40N2O8S. The van der Waals surface area contributed by atoms with E-state index in [0.29, 0.717) is 53.2 Å².